The molecule has 11 nitrogen and oxygen atoms in total. The number of benzene rings is 2. The van der Waals surface area contributed by atoms with Crippen LogP contribution < -0.4 is 11.1 Å². The Kier molecular flexibility index (Phi) is 8.79. The van der Waals surface area contributed by atoms with Crippen LogP contribution in [0.3, 0.4) is 0 Å². The van der Waals surface area contributed by atoms with Gasteiger partial charge in [0.05, 0.1) is 4.90 Å². The van der Waals surface area contributed by atoms with E-state index < -0.39 is 45.8 Å². The van der Waals surface area contributed by atoms with Crippen molar-refractivity contribution >= 4 is 39.4 Å². The molecule has 2 aromatic carbocycles. The molecule has 0 spiro atoms. The molecule has 4 N–H and O–H groups in total. The summed E-state index contributed by atoms with van der Waals surface area (Å²) in [5.41, 5.74) is 6.23. The molecule has 1 heterocycles. The first-order valence-corrected chi connectivity index (χ1v) is 12.9. The molecule has 1 fully saturated rings. The third-order valence-electron chi connectivity index (χ3n) is 5.99. The first-order valence-electron chi connectivity index (χ1n) is 11.5. The minimum absolute atomic E-state index is 0.0189. The predicted octanol–water partition coefficient (Wildman–Crippen LogP) is 0.974. The summed E-state index contributed by atoms with van der Waals surface area (Å²) in [5.74, 6) is -3.13. The molecule has 0 bridgehead atoms. The number of nitrogens with zero attached hydrogens (tertiary/aromatic N) is 2. The number of rotatable bonds is 11. The van der Waals surface area contributed by atoms with Crippen molar-refractivity contribution < 1.29 is 32.7 Å². The summed E-state index contributed by atoms with van der Waals surface area (Å²) in [6.07, 6.45) is 0.683. The number of anilines is 1. The maximum Gasteiger partial charge on any atom is 0.326 e. The van der Waals surface area contributed by atoms with Crippen molar-refractivity contribution in [2.24, 2.45) is 5.73 Å². The van der Waals surface area contributed by atoms with E-state index in [4.69, 9.17) is 5.73 Å². The molecule has 0 saturated carbocycles. The van der Waals surface area contributed by atoms with Crippen LogP contribution in [0.15, 0.2) is 72.1 Å². The van der Waals surface area contributed by atoms with Crippen molar-refractivity contribution in [2.75, 3.05) is 18.4 Å². The summed E-state index contributed by atoms with van der Waals surface area (Å²) in [7, 11) is -4.18. The van der Waals surface area contributed by atoms with Gasteiger partial charge in [-0.15, -0.1) is 0 Å². The zero-order valence-corrected chi connectivity index (χ0v) is 20.8. The first-order chi connectivity index (χ1) is 17.5. The average Bonchev–Trinajstić information content (AvgIpc) is 2.86. The molecule has 196 valence electrons. The molecule has 1 aliphatic heterocycles. The van der Waals surface area contributed by atoms with E-state index in [0.717, 1.165) is 15.3 Å². The molecule has 37 heavy (non-hydrogen) atoms. The average molecular weight is 529 g/mol. The van der Waals surface area contributed by atoms with E-state index >= 15 is 0 Å². The lowest BCUT2D eigenvalue weighted by molar-refractivity contribution is -0.155. The van der Waals surface area contributed by atoms with Crippen LogP contribution in [0.25, 0.3) is 0 Å². The Balaban J connectivity index is 1.95. The van der Waals surface area contributed by atoms with Gasteiger partial charge >= 0.3 is 5.97 Å². The number of hydrogen-bond acceptors (Lipinski definition) is 6. The SMILES string of the molecule is C=CC(=O)Nc1ccc(S(=O)(=O)N2CCN([C@@H](CCC(N)=O)C(=O)O)C(=O)[C@@H]2Cc2ccccc2)cc1. The Morgan fingerprint density at radius 1 is 1.11 bits per heavy atom. The summed E-state index contributed by atoms with van der Waals surface area (Å²) in [6.45, 7) is 3.04. The third kappa shape index (κ3) is 6.60. The number of carboxylic acids is 1. The van der Waals surface area contributed by atoms with Crippen LogP contribution in [-0.4, -0.2) is 71.6 Å². The number of nitrogens with one attached hydrogen (secondary N) is 1. The maximum absolute atomic E-state index is 13.6. The number of piperazine rings is 1. The summed E-state index contributed by atoms with van der Waals surface area (Å²) in [5, 5.41) is 12.3. The van der Waals surface area contributed by atoms with Crippen molar-refractivity contribution in [3.8, 4) is 0 Å². The highest BCUT2D eigenvalue weighted by atomic mass is 32.2. The smallest absolute Gasteiger partial charge is 0.326 e. The van der Waals surface area contributed by atoms with Gasteiger partial charge in [-0.3, -0.25) is 14.4 Å². The van der Waals surface area contributed by atoms with Gasteiger partial charge in [-0.05, 0) is 48.7 Å². The number of carboxylic acid groups (broad SMARTS) is 1. The molecule has 0 aromatic heterocycles. The number of hydrogen-bond donors (Lipinski definition) is 3. The molecule has 1 aliphatic rings. The Morgan fingerprint density at radius 2 is 1.76 bits per heavy atom. The quantitative estimate of drug-likeness (QED) is 0.365. The van der Waals surface area contributed by atoms with Gasteiger partial charge in [-0.2, -0.15) is 4.31 Å². The molecule has 3 rings (SSSR count). The number of carbonyl (C=O) groups excluding carboxylic acids is 3. The first kappa shape index (κ1) is 27.6. The third-order valence-corrected chi connectivity index (χ3v) is 7.91. The molecule has 2 atom stereocenters. The van der Waals surface area contributed by atoms with E-state index in [-0.39, 0.29) is 37.2 Å². The molecule has 0 radical (unpaired) electrons. The Bertz CT molecular complexity index is 1280. The van der Waals surface area contributed by atoms with Crippen LogP contribution in [-0.2, 0) is 35.6 Å². The maximum atomic E-state index is 13.6. The molecule has 1 saturated heterocycles. The van der Waals surface area contributed by atoms with E-state index in [1.54, 1.807) is 30.3 Å². The topological polar surface area (TPSA) is 167 Å². The molecule has 0 aliphatic carbocycles. The van der Waals surface area contributed by atoms with Gasteiger partial charge in [0, 0.05) is 25.2 Å². The minimum Gasteiger partial charge on any atom is -0.480 e. The molecule has 0 unspecified atom stereocenters. The van der Waals surface area contributed by atoms with Gasteiger partial charge in [-0.25, -0.2) is 13.2 Å². The van der Waals surface area contributed by atoms with Gasteiger partial charge in [0.1, 0.15) is 12.1 Å². The summed E-state index contributed by atoms with van der Waals surface area (Å²) in [6, 6.07) is 11.7. The summed E-state index contributed by atoms with van der Waals surface area (Å²) >= 11 is 0. The molecular formula is C25H28N4O7S. The number of nitrogens with two attached hydrogens (primary N) is 1. The Labute approximate surface area is 214 Å². The van der Waals surface area contributed by atoms with Crippen LogP contribution in [0.4, 0.5) is 5.69 Å². The number of carbonyl (C=O) groups is 4. The predicted molar refractivity (Wildman–Crippen MR) is 135 cm³/mol. The second-order valence-electron chi connectivity index (χ2n) is 8.43. The number of amides is 3. The highest BCUT2D eigenvalue weighted by Gasteiger charge is 2.45. The van der Waals surface area contributed by atoms with Gasteiger partial charge in [-0.1, -0.05) is 36.9 Å². The Morgan fingerprint density at radius 3 is 2.32 bits per heavy atom. The second-order valence-corrected chi connectivity index (χ2v) is 10.3. The molecular weight excluding hydrogens is 500 g/mol. The fourth-order valence-corrected chi connectivity index (χ4v) is 5.71. The number of primary amides is 1. The highest BCUT2D eigenvalue weighted by Crippen LogP contribution is 2.27. The van der Waals surface area contributed by atoms with Crippen LogP contribution in [0.5, 0.6) is 0 Å². The van der Waals surface area contributed by atoms with Crippen LogP contribution in [0.1, 0.15) is 18.4 Å². The van der Waals surface area contributed by atoms with E-state index in [9.17, 15) is 32.7 Å². The van der Waals surface area contributed by atoms with Gasteiger partial charge in [0.2, 0.25) is 27.7 Å². The van der Waals surface area contributed by atoms with Gasteiger partial charge in [0.15, 0.2) is 0 Å². The normalized spacial score (nSPS) is 17.1. The number of aliphatic carboxylic acids is 1. The molecule has 2 aromatic rings. The highest BCUT2D eigenvalue weighted by molar-refractivity contribution is 7.89. The zero-order chi connectivity index (χ0) is 27.2. The van der Waals surface area contributed by atoms with Crippen LogP contribution in [0, 0.1) is 0 Å². The van der Waals surface area contributed by atoms with Gasteiger partial charge in [0.25, 0.3) is 0 Å². The molecule has 12 heteroatoms. The van der Waals surface area contributed by atoms with E-state index in [1.807, 2.05) is 0 Å². The monoisotopic (exact) mass is 528 g/mol. The lowest BCUT2D eigenvalue weighted by Crippen LogP contribution is -2.62. The Hall–Kier alpha value is -4.03. The zero-order valence-electron chi connectivity index (χ0n) is 19.9. The molecule has 3 amide bonds. The van der Waals surface area contributed by atoms with Crippen molar-refractivity contribution in [2.45, 2.75) is 36.2 Å². The van der Waals surface area contributed by atoms with Crippen LogP contribution >= 0.6 is 0 Å². The van der Waals surface area contributed by atoms with Crippen LogP contribution in [0.2, 0.25) is 0 Å². The largest absolute Gasteiger partial charge is 0.480 e. The van der Waals surface area contributed by atoms with E-state index in [0.29, 0.717) is 11.3 Å². The summed E-state index contributed by atoms with van der Waals surface area (Å²) in [4.78, 5) is 49.3. The van der Waals surface area contributed by atoms with Crippen molar-refractivity contribution in [3.05, 3.63) is 72.8 Å². The standard InChI is InChI=1S/C25H28N4O7S/c1-2-23(31)27-18-8-10-19(11-9-18)37(35,36)29-15-14-28(20(25(33)34)12-13-22(26)30)24(32)21(29)16-17-6-4-3-5-7-17/h2-11,20-21H,1,12-16H2,(H2,26,30)(H,27,31)(H,33,34)/t20-,21-/m0/s1. The minimum atomic E-state index is -4.18. The van der Waals surface area contributed by atoms with E-state index in [2.05, 4.69) is 11.9 Å². The van der Waals surface area contributed by atoms with Gasteiger partial charge < -0.3 is 21.1 Å². The van der Waals surface area contributed by atoms with Crippen molar-refractivity contribution in [3.63, 3.8) is 0 Å². The lowest BCUT2D eigenvalue weighted by atomic mass is 10.0. The van der Waals surface area contributed by atoms with Crippen molar-refractivity contribution in [1.29, 1.82) is 0 Å². The second kappa shape index (κ2) is 11.8. The number of sulfonamides is 1. The lowest BCUT2D eigenvalue weighted by Gasteiger charge is -2.42. The fraction of sp³-hybridized carbons (Fsp3) is 0.280. The van der Waals surface area contributed by atoms with Crippen molar-refractivity contribution in [1.82, 2.24) is 9.21 Å². The van der Waals surface area contributed by atoms with E-state index in [1.165, 1.54) is 24.3 Å². The summed E-state index contributed by atoms with van der Waals surface area (Å²) < 4.78 is 28.3. The fourth-order valence-electron chi connectivity index (χ4n) is 4.14.